The lowest BCUT2D eigenvalue weighted by Crippen LogP contribution is -2.01. The van der Waals surface area contributed by atoms with Crippen LogP contribution in [0.25, 0.3) is 0 Å². The molecule has 0 saturated heterocycles. The Balaban J connectivity index is 2.51. The summed E-state index contributed by atoms with van der Waals surface area (Å²) >= 11 is 1.86. The van der Waals surface area contributed by atoms with Gasteiger partial charge in [0.1, 0.15) is 6.29 Å². The minimum Gasteiger partial charge on any atom is -0.298 e. The second-order valence-corrected chi connectivity index (χ2v) is 4.03. The molecule has 0 saturated carbocycles. The van der Waals surface area contributed by atoms with Gasteiger partial charge in [-0.3, -0.25) is 4.79 Å². The molecule has 1 heterocycles. The molecule has 0 N–H and O–H groups in total. The van der Waals surface area contributed by atoms with Gasteiger partial charge >= 0.3 is 0 Å². The molecule has 2 rings (SSSR count). The lowest BCUT2D eigenvalue weighted by Gasteiger charge is -2.15. The third kappa shape index (κ3) is 1.27. The molecule has 0 unspecified atom stereocenters. The Morgan fingerprint density at radius 1 is 1.42 bits per heavy atom. The van der Waals surface area contributed by atoms with Gasteiger partial charge in [0.05, 0.1) is 0 Å². The zero-order valence-corrected chi connectivity index (χ0v) is 7.56. The summed E-state index contributed by atoms with van der Waals surface area (Å²) in [5.74, 6) is 1.19. The first kappa shape index (κ1) is 7.87. The number of hydrogen-bond acceptors (Lipinski definition) is 2. The lowest BCUT2D eigenvalue weighted by atomic mass is 10.0. The van der Waals surface area contributed by atoms with Gasteiger partial charge in [-0.1, -0.05) is 12.1 Å². The normalized spacial score (nSPS) is 15.3. The summed E-state index contributed by atoms with van der Waals surface area (Å²) < 4.78 is 0. The molecule has 0 fully saturated rings. The Morgan fingerprint density at radius 3 is 3.17 bits per heavy atom. The number of carbonyl (C=O) groups is 1. The molecule has 62 valence electrons. The highest BCUT2D eigenvalue weighted by atomic mass is 32.2. The van der Waals surface area contributed by atoms with E-state index >= 15 is 0 Å². The monoisotopic (exact) mass is 178 g/mol. The van der Waals surface area contributed by atoms with E-state index in [1.165, 1.54) is 22.6 Å². The second-order valence-electron chi connectivity index (χ2n) is 2.89. The van der Waals surface area contributed by atoms with Crippen LogP contribution in [0.4, 0.5) is 0 Å². The van der Waals surface area contributed by atoms with Gasteiger partial charge in [-0.2, -0.15) is 0 Å². The molecule has 1 aromatic rings. The number of thioether (sulfide) groups is 1. The van der Waals surface area contributed by atoms with Gasteiger partial charge in [0, 0.05) is 10.5 Å². The largest absolute Gasteiger partial charge is 0.298 e. The highest BCUT2D eigenvalue weighted by Crippen LogP contribution is 2.31. The lowest BCUT2D eigenvalue weighted by molar-refractivity contribution is 0.112. The van der Waals surface area contributed by atoms with Gasteiger partial charge in [0.15, 0.2) is 0 Å². The summed E-state index contributed by atoms with van der Waals surface area (Å²) in [6, 6.07) is 5.96. The van der Waals surface area contributed by atoms with Crippen LogP contribution < -0.4 is 0 Å². The van der Waals surface area contributed by atoms with Gasteiger partial charge in [-0.15, -0.1) is 11.8 Å². The molecule has 0 aliphatic carbocycles. The smallest absolute Gasteiger partial charge is 0.150 e. The highest BCUT2D eigenvalue weighted by Gasteiger charge is 2.12. The quantitative estimate of drug-likeness (QED) is 0.615. The van der Waals surface area contributed by atoms with Crippen molar-refractivity contribution < 1.29 is 4.79 Å². The Bertz CT molecular complexity index is 307. The average Bonchev–Trinajstić information content (AvgIpc) is 2.17. The number of rotatable bonds is 1. The molecule has 0 atom stereocenters. The Morgan fingerprint density at radius 2 is 2.33 bits per heavy atom. The second kappa shape index (κ2) is 3.31. The van der Waals surface area contributed by atoms with Crippen LogP contribution in [0.5, 0.6) is 0 Å². The number of carbonyl (C=O) groups excluding carboxylic acids is 1. The maximum Gasteiger partial charge on any atom is 0.150 e. The van der Waals surface area contributed by atoms with Crippen molar-refractivity contribution >= 4 is 18.0 Å². The minimum absolute atomic E-state index is 0.875. The van der Waals surface area contributed by atoms with Crippen molar-refractivity contribution in [2.45, 2.75) is 17.7 Å². The van der Waals surface area contributed by atoms with Gasteiger partial charge in [-0.05, 0) is 30.2 Å². The Kier molecular flexibility index (Phi) is 2.17. The molecular formula is C10H10OS. The minimum atomic E-state index is 0.875. The topological polar surface area (TPSA) is 17.1 Å². The third-order valence-corrected chi connectivity index (χ3v) is 3.31. The molecule has 1 nitrogen and oxygen atoms in total. The SMILES string of the molecule is O=Cc1cccc2c1CCCS2. The zero-order chi connectivity index (χ0) is 8.39. The van der Waals surface area contributed by atoms with E-state index in [2.05, 4.69) is 6.07 Å². The Hall–Kier alpha value is -0.760. The molecule has 1 aliphatic rings. The predicted molar refractivity (Wildman–Crippen MR) is 50.9 cm³/mol. The number of fused-ring (bicyclic) bond motifs is 1. The summed E-state index contributed by atoms with van der Waals surface area (Å²) in [6.45, 7) is 0. The fraction of sp³-hybridized carbons (Fsp3) is 0.300. The molecule has 2 heteroatoms. The van der Waals surface area contributed by atoms with Crippen molar-refractivity contribution in [2.75, 3.05) is 5.75 Å². The van der Waals surface area contributed by atoms with Crippen LogP contribution in [0.1, 0.15) is 22.3 Å². The van der Waals surface area contributed by atoms with E-state index in [1.807, 2.05) is 23.9 Å². The van der Waals surface area contributed by atoms with Crippen molar-refractivity contribution in [3.8, 4) is 0 Å². The van der Waals surface area contributed by atoms with Crippen LogP contribution in [0.3, 0.4) is 0 Å². The fourth-order valence-electron chi connectivity index (χ4n) is 1.53. The third-order valence-electron chi connectivity index (χ3n) is 2.12. The number of benzene rings is 1. The van der Waals surface area contributed by atoms with E-state index in [1.54, 1.807) is 0 Å². The van der Waals surface area contributed by atoms with E-state index in [0.717, 1.165) is 18.3 Å². The van der Waals surface area contributed by atoms with Gasteiger partial charge in [0.2, 0.25) is 0 Å². The van der Waals surface area contributed by atoms with E-state index < -0.39 is 0 Å². The van der Waals surface area contributed by atoms with Crippen LogP contribution in [0.15, 0.2) is 23.1 Å². The average molecular weight is 178 g/mol. The zero-order valence-electron chi connectivity index (χ0n) is 6.75. The van der Waals surface area contributed by atoms with Crippen molar-refractivity contribution in [1.29, 1.82) is 0 Å². The molecular weight excluding hydrogens is 168 g/mol. The van der Waals surface area contributed by atoms with Crippen molar-refractivity contribution in [3.05, 3.63) is 29.3 Å². The summed E-state index contributed by atoms with van der Waals surface area (Å²) in [4.78, 5) is 12.0. The maximum atomic E-state index is 10.7. The van der Waals surface area contributed by atoms with Crippen molar-refractivity contribution in [3.63, 3.8) is 0 Å². The van der Waals surface area contributed by atoms with Gasteiger partial charge in [-0.25, -0.2) is 0 Å². The van der Waals surface area contributed by atoms with Crippen LogP contribution in [-0.4, -0.2) is 12.0 Å². The number of hydrogen-bond donors (Lipinski definition) is 0. The van der Waals surface area contributed by atoms with Crippen LogP contribution in [0.2, 0.25) is 0 Å². The molecule has 0 radical (unpaired) electrons. The van der Waals surface area contributed by atoms with Gasteiger partial charge < -0.3 is 0 Å². The standard InChI is InChI=1S/C10H10OS/c11-7-8-3-1-5-10-9(8)4-2-6-12-10/h1,3,5,7H,2,4,6H2. The maximum absolute atomic E-state index is 10.7. The Labute approximate surface area is 76.2 Å². The first-order chi connectivity index (χ1) is 5.92. The summed E-state index contributed by atoms with van der Waals surface area (Å²) in [7, 11) is 0. The molecule has 12 heavy (non-hydrogen) atoms. The molecule has 1 aromatic carbocycles. The van der Waals surface area contributed by atoms with Crippen LogP contribution in [0, 0.1) is 0 Å². The highest BCUT2D eigenvalue weighted by molar-refractivity contribution is 7.99. The van der Waals surface area contributed by atoms with E-state index in [4.69, 9.17) is 0 Å². The molecule has 0 amide bonds. The summed E-state index contributed by atoms with van der Waals surface area (Å²) in [5.41, 5.74) is 2.13. The molecule has 0 bridgehead atoms. The van der Waals surface area contributed by atoms with E-state index in [9.17, 15) is 4.79 Å². The molecule has 0 spiro atoms. The molecule has 1 aliphatic heterocycles. The summed E-state index contributed by atoms with van der Waals surface area (Å²) in [6.07, 6.45) is 3.23. The first-order valence-corrected chi connectivity index (χ1v) is 5.10. The summed E-state index contributed by atoms with van der Waals surface area (Å²) in [5, 5.41) is 0. The fourth-order valence-corrected chi connectivity index (χ4v) is 2.60. The first-order valence-electron chi connectivity index (χ1n) is 4.11. The van der Waals surface area contributed by atoms with E-state index in [-0.39, 0.29) is 0 Å². The predicted octanol–water partition coefficient (Wildman–Crippen LogP) is 2.54. The van der Waals surface area contributed by atoms with Crippen molar-refractivity contribution in [2.24, 2.45) is 0 Å². The van der Waals surface area contributed by atoms with Crippen molar-refractivity contribution in [1.82, 2.24) is 0 Å². The van der Waals surface area contributed by atoms with Crippen LogP contribution in [-0.2, 0) is 6.42 Å². The number of aldehydes is 1. The molecule has 0 aromatic heterocycles. The van der Waals surface area contributed by atoms with Gasteiger partial charge in [0.25, 0.3) is 0 Å². The van der Waals surface area contributed by atoms with Crippen LogP contribution >= 0.6 is 11.8 Å². The van der Waals surface area contributed by atoms with E-state index in [0.29, 0.717) is 0 Å².